The molecule has 0 amide bonds. The highest BCUT2D eigenvalue weighted by molar-refractivity contribution is 7.97. The molecular weight excluding hydrogens is 427 g/mol. The maximum atomic E-state index is 14.3. The number of fused-ring (bicyclic) bond motifs is 2. The second kappa shape index (κ2) is 8.82. The average molecular weight is 453 g/mol. The molecule has 2 aliphatic rings. The monoisotopic (exact) mass is 452 g/mol. The fourth-order valence-corrected chi connectivity index (χ4v) is 4.67. The van der Waals surface area contributed by atoms with Gasteiger partial charge in [-0.2, -0.15) is 11.8 Å². The number of ether oxygens (including phenoxy) is 1. The first-order chi connectivity index (χ1) is 15.6. The molecule has 0 fully saturated rings. The van der Waals surface area contributed by atoms with Gasteiger partial charge < -0.3 is 20.3 Å². The molecule has 5 rings (SSSR count). The van der Waals surface area contributed by atoms with Crippen LogP contribution in [-0.2, 0) is 18.7 Å². The Morgan fingerprint density at radius 3 is 3.03 bits per heavy atom. The van der Waals surface area contributed by atoms with E-state index in [1.807, 2.05) is 24.7 Å². The average Bonchev–Trinajstić information content (AvgIpc) is 2.81. The Kier molecular flexibility index (Phi) is 5.73. The Hall–Kier alpha value is -3.07. The van der Waals surface area contributed by atoms with Crippen LogP contribution in [0.25, 0.3) is 0 Å². The summed E-state index contributed by atoms with van der Waals surface area (Å²) in [5, 5.41) is 6.55. The van der Waals surface area contributed by atoms with Crippen LogP contribution in [0.2, 0.25) is 0 Å². The molecule has 0 bridgehead atoms. The van der Waals surface area contributed by atoms with E-state index in [1.54, 1.807) is 17.8 Å². The molecular formula is C23H25FN6OS. The Labute approximate surface area is 190 Å². The van der Waals surface area contributed by atoms with Gasteiger partial charge in [0.25, 0.3) is 0 Å². The van der Waals surface area contributed by atoms with Crippen LogP contribution < -0.4 is 20.3 Å². The quantitative estimate of drug-likeness (QED) is 0.594. The number of nitrogens with one attached hydrogen (secondary N) is 2. The molecule has 166 valence electrons. The first-order valence-corrected chi connectivity index (χ1v) is 12.0. The van der Waals surface area contributed by atoms with E-state index in [9.17, 15) is 4.39 Å². The van der Waals surface area contributed by atoms with Gasteiger partial charge in [-0.1, -0.05) is 6.07 Å². The molecule has 0 saturated heterocycles. The molecule has 0 aliphatic carbocycles. The molecule has 0 unspecified atom stereocenters. The number of hydrogen-bond acceptors (Lipinski definition) is 8. The molecule has 0 saturated carbocycles. The van der Waals surface area contributed by atoms with E-state index in [2.05, 4.69) is 32.4 Å². The van der Waals surface area contributed by atoms with Crippen molar-refractivity contribution in [2.75, 3.05) is 41.5 Å². The number of pyridine rings is 1. The van der Waals surface area contributed by atoms with Crippen molar-refractivity contribution >= 4 is 34.8 Å². The number of halogens is 1. The summed E-state index contributed by atoms with van der Waals surface area (Å²) in [6, 6.07) is 5.16. The highest BCUT2D eigenvalue weighted by Crippen LogP contribution is 2.36. The van der Waals surface area contributed by atoms with Crippen molar-refractivity contribution in [1.29, 1.82) is 0 Å². The van der Waals surface area contributed by atoms with Crippen molar-refractivity contribution in [1.82, 2.24) is 15.0 Å². The van der Waals surface area contributed by atoms with E-state index in [-0.39, 0.29) is 5.82 Å². The summed E-state index contributed by atoms with van der Waals surface area (Å²) in [6.07, 6.45) is 6.56. The number of benzene rings is 1. The molecule has 2 N–H and O–H groups in total. The minimum Gasteiger partial charge on any atom is -0.474 e. The van der Waals surface area contributed by atoms with Crippen LogP contribution in [0.3, 0.4) is 0 Å². The summed E-state index contributed by atoms with van der Waals surface area (Å²) in [6.45, 7) is 5.04. The number of anilines is 4. The van der Waals surface area contributed by atoms with Crippen molar-refractivity contribution in [2.24, 2.45) is 0 Å². The highest BCUT2D eigenvalue weighted by atomic mass is 32.2. The lowest BCUT2D eigenvalue weighted by atomic mass is 10.0. The van der Waals surface area contributed by atoms with E-state index < -0.39 is 0 Å². The Bertz CT molecular complexity index is 1160. The third-order valence-electron chi connectivity index (χ3n) is 5.82. The van der Waals surface area contributed by atoms with Crippen molar-refractivity contribution in [2.45, 2.75) is 25.6 Å². The van der Waals surface area contributed by atoms with Crippen molar-refractivity contribution in [3.63, 3.8) is 0 Å². The summed E-state index contributed by atoms with van der Waals surface area (Å²) < 4.78 is 19.9. The predicted molar refractivity (Wildman–Crippen MR) is 127 cm³/mol. The second-order valence-corrected chi connectivity index (χ2v) is 8.79. The van der Waals surface area contributed by atoms with E-state index in [4.69, 9.17) is 9.72 Å². The van der Waals surface area contributed by atoms with Gasteiger partial charge in [-0.15, -0.1) is 0 Å². The fourth-order valence-electron chi connectivity index (χ4n) is 4.13. The molecule has 7 nitrogen and oxygen atoms in total. The van der Waals surface area contributed by atoms with E-state index in [0.29, 0.717) is 42.0 Å². The Morgan fingerprint density at radius 2 is 2.19 bits per heavy atom. The molecule has 2 aromatic heterocycles. The van der Waals surface area contributed by atoms with Crippen LogP contribution in [0.1, 0.15) is 22.4 Å². The van der Waals surface area contributed by atoms with Crippen molar-refractivity contribution < 1.29 is 9.13 Å². The van der Waals surface area contributed by atoms with E-state index in [1.165, 1.54) is 6.07 Å². The van der Waals surface area contributed by atoms with E-state index >= 15 is 0 Å². The zero-order valence-corrected chi connectivity index (χ0v) is 18.9. The van der Waals surface area contributed by atoms with Gasteiger partial charge in [0.05, 0.1) is 24.1 Å². The van der Waals surface area contributed by atoms with Gasteiger partial charge in [0.15, 0.2) is 0 Å². The molecule has 2 aliphatic heterocycles. The van der Waals surface area contributed by atoms with E-state index in [0.717, 1.165) is 47.7 Å². The normalized spacial score (nSPS) is 14.8. The summed E-state index contributed by atoms with van der Waals surface area (Å²) in [4.78, 5) is 16.0. The van der Waals surface area contributed by atoms with Gasteiger partial charge in [-0.25, -0.2) is 19.3 Å². The van der Waals surface area contributed by atoms with Crippen LogP contribution in [0, 0.1) is 12.7 Å². The van der Waals surface area contributed by atoms with Gasteiger partial charge in [-0.05, 0) is 42.9 Å². The molecule has 0 radical (unpaired) electrons. The number of nitrogens with zero attached hydrogens (tertiary/aromatic N) is 4. The minimum absolute atomic E-state index is 0.221. The molecule has 4 heterocycles. The zero-order chi connectivity index (χ0) is 22.1. The lowest BCUT2D eigenvalue weighted by Crippen LogP contribution is -2.32. The molecule has 9 heteroatoms. The third kappa shape index (κ3) is 4.04. The van der Waals surface area contributed by atoms with Crippen molar-refractivity contribution in [3.8, 4) is 5.88 Å². The van der Waals surface area contributed by atoms with Crippen LogP contribution in [0.5, 0.6) is 5.88 Å². The lowest BCUT2D eigenvalue weighted by Gasteiger charge is -2.32. The largest absolute Gasteiger partial charge is 0.474 e. The summed E-state index contributed by atoms with van der Waals surface area (Å²) in [7, 11) is 0. The smallest absolute Gasteiger partial charge is 0.237 e. The Morgan fingerprint density at radius 1 is 1.28 bits per heavy atom. The molecule has 0 spiro atoms. The second-order valence-electron chi connectivity index (χ2n) is 7.93. The minimum atomic E-state index is -0.221. The van der Waals surface area contributed by atoms with Gasteiger partial charge in [0, 0.05) is 36.3 Å². The molecule has 32 heavy (non-hydrogen) atoms. The summed E-state index contributed by atoms with van der Waals surface area (Å²) >= 11 is 1.60. The topological polar surface area (TPSA) is 75.2 Å². The first kappa shape index (κ1) is 20.8. The highest BCUT2D eigenvalue weighted by Gasteiger charge is 2.24. The zero-order valence-electron chi connectivity index (χ0n) is 18.1. The number of hydrogen-bond donors (Lipinski definition) is 2. The maximum Gasteiger partial charge on any atom is 0.237 e. The molecule has 0 atom stereocenters. The SMILES string of the molecule is CSCc1ccc(Nc2ncc3c(n2)CN(c2cnc4c(c2C)NCCO4)CC3)cc1F. The lowest BCUT2D eigenvalue weighted by molar-refractivity contribution is 0.310. The number of thioether (sulfide) groups is 1. The van der Waals surface area contributed by atoms with Gasteiger partial charge >= 0.3 is 0 Å². The standard InChI is InChI=1S/C23H25FN6OS/c1-14-20(11-26-22-21(14)25-6-8-31-22)30-7-5-15-10-27-23(29-19(15)12-30)28-17-4-3-16(13-32-2)18(24)9-17/h3-4,9-11,25H,5-8,12-13H2,1-2H3,(H,27,28,29). The third-order valence-corrected chi connectivity index (χ3v) is 6.42. The molecule has 3 aromatic rings. The van der Waals surface area contributed by atoms with Crippen LogP contribution in [-0.4, -0.2) is 40.9 Å². The van der Waals surface area contributed by atoms with Crippen LogP contribution in [0.15, 0.2) is 30.6 Å². The summed E-state index contributed by atoms with van der Waals surface area (Å²) in [5.41, 5.74) is 6.61. The molecule has 1 aromatic carbocycles. The van der Waals surface area contributed by atoms with Crippen LogP contribution >= 0.6 is 11.8 Å². The first-order valence-electron chi connectivity index (χ1n) is 10.6. The Balaban J connectivity index is 1.36. The number of rotatable bonds is 5. The van der Waals surface area contributed by atoms with Gasteiger partial charge in [-0.3, -0.25) is 0 Å². The number of aromatic nitrogens is 3. The van der Waals surface area contributed by atoms with Gasteiger partial charge in [0.2, 0.25) is 11.8 Å². The predicted octanol–water partition coefficient (Wildman–Crippen LogP) is 4.29. The maximum absolute atomic E-state index is 14.3. The van der Waals surface area contributed by atoms with Gasteiger partial charge in [0.1, 0.15) is 18.1 Å². The van der Waals surface area contributed by atoms with Crippen LogP contribution in [0.4, 0.5) is 27.4 Å². The van der Waals surface area contributed by atoms with Crippen molar-refractivity contribution in [3.05, 3.63) is 58.8 Å². The summed E-state index contributed by atoms with van der Waals surface area (Å²) in [5.74, 6) is 1.56. The fraction of sp³-hybridized carbons (Fsp3) is 0.348.